The normalized spacial score (nSPS) is 14.9. The summed E-state index contributed by atoms with van der Waals surface area (Å²) in [6.07, 6.45) is 0.390. The Kier molecular flexibility index (Phi) is 4.81. The summed E-state index contributed by atoms with van der Waals surface area (Å²) >= 11 is 0. The number of hydrogen-bond acceptors (Lipinski definition) is 2. The van der Waals surface area contributed by atoms with Crippen LogP contribution in [0.15, 0.2) is 24.3 Å². The molecule has 2 nitrogen and oxygen atoms in total. The summed E-state index contributed by atoms with van der Waals surface area (Å²) in [6, 6.07) is 8.17. The molecule has 1 N–H and O–H groups in total. The smallest absolute Gasteiger partial charge is 0.119 e. The van der Waals surface area contributed by atoms with Gasteiger partial charge >= 0.3 is 0 Å². The largest absolute Gasteiger partial charge is 0.491 e. The zero-order valence-corrected chi connectivity index (χ0v) is 10.6. The Morgan fingerprint density at radius 1 is 1.06 bits per heavy atom. The van der Waals surface area contributed by atoms with E-state index in [2.05, 4.69) is 26.0 Å². The molecule has 0 aliphatic heterocycles. The first kappa shape index (κ1) is 13.0. The van der Waals surface area contributed by atoms with Gasteiger partial charge in [-0.1, -0.05) is 26.0 Å². The maximum atomic E-state index is 9.24. The topological polar surface area (TPSA) is 29.5 Å². The average molecular weight is 222 g/mol. The molecule has 1 rings (SSSR count). The van der Waals surface area contributed by atoms with Crippen molar-refractivity contribution in [2.45, 2.75) is 52.2 Å². The SMILES string of the molecule is CC(O)CC(C)Oc1ccc(C(C)C)cc1. The number of ether oxygens (including phenoxy) is 1. The van der Waals surface area contributed by atoms with Crippen LogP contribution in [0, 0.1) is 0 Å². The summed E-state index contributed by atoms with van der Waals surface area (Å²) in [5.41, 5.74) is 1.32. The second kappa shape index (κ2) is 5.90. The summed E-state index contributed by atoms with van der Waals surface area (Å²) < 4.78 is 5.70. The molecular weight excluding hydrogens is 200 g/mol. The molecule has 0 saturated carbocycles. The lowest BCUT2D eigenvalue weighted by Gasteiger charge is -2.16. The number of hydrogen-bond donors (Lipinski definition) is 1. The molecule has 0 radical (unpaired) electrons. The van der Waals surface area contributed by atoms with E-state index in [-0.39, 0.29) is 12.2 Å². The van der Waals surface area contributed by atoms with Crippen molar-refractivity contribution in [2.24, 2.45) is 0 Å². The van der Waals surface area contributed by atoms with Crippen LogP contribution in [0.2, 0.25) is 0 Å². The van der Waals surface area contributed by atoms with Crippen molar-refractivity contribution >= 4 is 0 Å². The molecular formula is C14H22O2. The van der Waals surface area contributed by atoms with Crippen LogP contribution >= 0.6 is 0 Å². The predicted molar refractivity (Wildman–Crippen MR) is 66.9 cm³/mol. The van der Waals surface area contributed by atoms with Crippen molar-refractivity contribution in [3.8, 4) is 5.75 Å². The van der Waals surface area contributed by atoms with Crippen molar-refractivity contribution in [2.75, 3.05) is 0 Å². The minimum absolute atomic E-state index is 0.0462. The zero-order chi connectivity index (χ0) is 12.1. The number of rotatable bonds is 5. The Bertz CT molecular complexity index is 301. The van der Waals surface area contributed by atoms with Gasteiger partial charge in [0.25, 0.3) is 0 Å². The first-order valence-electron chi connectivity index (χ1n) is 5.93. The third-order valence-electron chi connectivity index (χ3n) is 2.56. The predicted octanol–water partition coefficient (Wildman–Crippen LogP) is 3.35. The lowest BCUT2D eigenvalue weighted by atomic mass is 10.0. The monoisotopic (exact) mass is 222 g/mol. The molecule has 0 spiro atoms. The fourth-order valence-electron chi connectivity index (χ4n) is 1.69. The van der Waals surface area contributed by atoms with Crippen molar-refractivity contribution in [1.82, 2.24) is 0 Å². The van der Waals surface area contributed by atoms with E-state index in [0.29, 0.717) is 12.3 Å². The average Bonchev–Trinajstić information content (AvgIpc) is 2.16. The maximum absolute atomic E-state index is 9.24. The maximum Gasteiger partial charge on any atom is 0.119 e. The van der Waals surface area contributed by atoms with E-state index in [1.165, 1.54) is 5.56 Å². The van der Waals surface area contributed by atoms with E-state index >= 15 is 0 Å². The molecule has 0 aliphatic rings. The van der Waals surface area contributed by atoms with Crippen LogP contribution in [0.4, 0.5) is 0 Å². The molecule has 0 saturated heterocycles. The molecule has 0 bridgehead atoms. The number of aliphatic hydroxyl groups is 1. The minimum Gasteiger partial charge on any atom is -0.491 e. The summed E-state index contributed by atoms with van der Waals surface area (Å²) in [5.74, 6) is 1.42. The van der Waals surface area contributed by atoms with Crippen LogP contribution in [0.3, 0.4) is 0 Å². The molecule has 2 unspecified atom stereocenters. The van der Waals surface area contributed by atoms with Gasteiger partial charge in [0.2, 0.25) is 0 Å². The minimum atomic E-state index is -0.315. The van der Waals surface area contributed by atoms with Gasteiger partial charge in [-0.3, -0.25) is 0 Å². The first-order chi connectivity index (χ1) is 7.49. The molecule has 1 aromatic rings. The number of benzene rings is 1. The van der Waals surface area contributed by atoms with E-state index in [1.54, 1.807) is 6.92 Å². The fraction of sp³-hybridized carbons (Fsp3) is 0.571. The second-order valence-electron chi connectivity index (χ2n) is 4.74. The Morgan fingerprint density at radius 3 is 2.06 bits per heavy atom. The van der Waals surface area contributed by atoms with Crippen LogP contribution in [0.1, 0.15) is 45.6 Å². The second-order valence-corrected chi connectivity index (χ2v) is 4.74. The summed E-state index contributed by atoms with van der Waals surface area (Å²) in [6.45, 7) is 8.10. The van der Waals surface area contributed by atoms with Crippen molar-refractivity contribution in [3.05, 3.63) is 29.8 Å². The molecule has 2 heteroatoms. The fourth-order valence-corrected chi connectivity index (χ4v) is 1.69. The quantitative estimate of drug-likeness (QED) is 0.828. The van der Waals surface area contributed by atoms with Gasteiger partial charge in [-0.2, -0.15) is 0 Å². The van der Waals surface area contributed by atoms with Gasteiger partial charge < -0.3 is 9.84 Å². The standard InChI is InChI=1S/C14H22O2/c1-10(2)13-5-7-14(8-6-13)16-12(4)9-11(3)15/h5-8,10-12,15H,9H2,1-4H3. The van der Waals surface area contributed by atoms with E-state index in [9.17, 15) is 5.11 Å². The molecule has 2 atom stereocenters. The lowest BCUT2D eigenvalue weighted by molar-refractivity contribution is 0.115. The van der Waals surface area contributed by atoms with E-state index in [0.717, 1.165) is 5.75 Å². The summed E-state index contributed by atoms with van der Waals surface area (Å²) in [5, 5.41) is 9.24. The van der Waals surface area contributed by atoms with Gasteiger partial charge in [-0.15, -0.1) is 0 Å². The third-order valence-corrected chi connectivity index (χ3v) is 2.56. The first-order valence-corrected chi connectivity index (χ1v) is 5.93. The molecule has 0 aromatic heterocycles. The van der Waals surface area contributed by atoms with E-state index < -0.39 is 0 Å². The Labute approximate surface area is 98.3 Å². The Morgan fingerprint density at radius 2 is 1.62 bits per heavy atom. The molecule has 16 heavy (non-hydrogen) atoms. The third kappa shape index (κ3) is 4.23. The van der Waals surface area contributed by atoms with Crippen molar-refractivity contribution < 1.29 is 9.84 Å². The van der Waals surface area contributed by atoms with Gasteiger partial charge in [0, 0.05) is 6.42 Å². The highest BCUT2D eigenvalue weighted by atomic mass is 16.5. The van der Waals surface area contributed by atoms with Gasteiger partial charge in [0.05, 0.1) is 12.2 Å². The molecule has 0 aliphatic carbocycles. The van der Waals surface area contributed by atoms with E-state index in [1.807, 2.05) is 19.1 Å². The highest BCUT2D eigenvalue weighted by molar-refractivity contribution is 5.29. The lowest BCUT2D eigenvalue weighted by Crippen LogP contribution is -2.18. The Hall–Kier alpha value is -1.02. The summed E-state index contributed by atoms with van der Waals surface area (Å²) in [7, 11) is 0. The van der Waals surface area contributed by atoms with Crippen LogP contribution in [-0.4, -0.2) is 17.3 Å². The van der Waals surface area contributed by atoms with Gasteiger partial charge in [0.1, 0.15) is 5.75 Å². The molecule has 1 aromatic carbocycles. The van der Waals surface area contributed by atoms with Gasteiger partial charge in [-0.25, -0.2) is 0 Å². The molecule has 90 valence electrons. The van der Waals surface area contributed by atoms with Crippen LogP contribution in [-0.2, 0) is 0 Å². The van der Waals surface area contributed by atoms with Crippen LogP contribution in [0.5, 0.6) is 5.75 Å². The van der Waals surface area contributed by atoms with Crippen LogP contribution < -0.4 is 4.74 Å². The van der Waals surface area contributed by atoms with Crippen molar-refractivity contribution in [1.29, 1.82) is 0 Å². The summed E-state index contributed by atoms with van der Waals surface area (Å²) in [4.78, 5) is 0. The highest BCUT2D eigenvalue weighted by Crippen LogP contribution is 2.20. The van der Waals surface area contributed by atoms with Crippen molar-refractivity contribution in [3.63, 3.8) is 0 Å². The van der Waals surface area contributed by atoms with E-state index in [4.69, 9.17) is 4.74 Å². The van der Waals surface area contributed by atoms with Gasteiger partial charge in [0.15, 0.2) is 0 Å². The zero-order valence-electron chi connectivity index (χ0n) is 10.6. The molecule has 0 fully saturated rings. The Balaban J connectivity index is 2.55. The molecule has 0 heterocycles. The van der Waals surface area contributed by atoms with Gasteiger partial charge in [-0.05, 0) is 37.5 Å². The van der Waals surface area contributed by atoms with Crippen LogP contribution in [0.25, 0.3) is 0 Å². The number of aliphatic hydroxyl groups excluding tert-OH is 1. The molecule has 0 amide bonds. The highest BCUT2D eigenvalue weighted by Gasteiger charge is 2.07.